The molecule has 0 aromatic heterocycles. The number of rotatable bonds is 7. The highest BCUT2D eigenvalue weighted by Gasteiger charge is 2.23. The quantitative estimate of drug-likeness (QED) is 0.409. The van der Waals surface area contributed by atoms with Gasteiger partial charge in [0.05, 0.1) is 0 Å². The summed E-state index contributed by atoms with van der Waals surface area (Å²) in [6.45, 7) is 6.69. The number of hydrogen-bond donors (Lipinski definition) is 0. The van der Waals surface area contributed by atoms with Crippen LogP contribution in [0.5, 0.6) is 0 Å². The number of allylic oxidation sites excluding steroid dienone is 17. The molecule has 5 aliphatic rings. The Balaban J connectivity index is 1.18. The van der Waals surface area contributed by atoms with Crippen molar-refractivity contribution in [1.82, 2.24) is 0 Å². The molecule has 3 unspecified atom stereocenters. The maximum atomic E-state index is 4.32. The topological polar surface area (TPSA) is 0 Å². The molecule has 0 bridgehead atoms. The summed E-state index contributed by atoms with van der Waals surface area (Å²) in [6, 6.07) is 0. The van der Waals surface area contributed by atoms with Crippen molar-refractivity contribution in [3.8, 4) is 0 Å². The summed E-state index contributed by atoms with van der Waals surface area (Å²) >= 11 is 0. The van der Waals surface area contributed by atoms with E-state index in [0.29, 0.717) is 17.8 Å². The minimum atomic E-state index is 0.383. The van der Waals surface area contributed by atoms with Crippen molar-refractivity contribution < 1.29 is 0 Å². The first-order valence-corrected chi connectivity index (χ1v) is 11.9. The number of fused-ring (bicyclic) bond motifs is 2. The first-order valence-electron chi connectivity index (χ1n) is 11.9. The Morgan fingerprint density at radius 1 is 0.933 bits per heavy atom. The van der Waals surface area contributed by atoms with Crippen LogP contribution in [0.4, 0.5) is 0 Å². The molecule has 0 aromatic rings. The van der Waals surface area contributed by atoms with Crippen LogP contribution in [-0.4, -0.2) is 0 Å². The van der Waals surface area contributed by atoms with Crippen LogP contribution >= 0.6 is 0 Å². The second-order valence-corrected chi connectivity index (χ2v) is 9.85. The molecule has 1 fully saturated rings. The summed E-state index contributed by atoms with van der Waals surface area (Å²) in [7, 11) is 0. The summed E-state index contributed by atoms with van der Waals surface area (Å²) in [6.07, 6.45) is 35.1. The normalized spacial score (nSPS) is 28.0. The largest absolute Gasteiger partial charge is 0.0949 e. The van der Waals surface area contributed by atoms with Crippen molar-refractivity contribution in [2.45, 2.75) is 51.9 Å². The lowest BCUT2D eigenvalue weighted by Gasteiger charge is -2.26. The Hall–Kier alpha value is -2.34. The SMILES string of the molecule is C=C1C=C(C(C)CCC2=CC3C=C(CCC4CCC4)C=CC3=C2)C=C2C=CC=CC12. The van der Waals surface area contributed by atoms with Gasteiger partial charge < -0.3 is 0 Å². The Bertz CT molecular complexity index is 962. The molecule has 0 saturated heterocycles. The van der Waals surface area contributed by atoms with Crippen LogP contribution in [0.1, 0.15) is 51.9 Å². The highest BCUT2D eigenvalue weighted by atomic mass is 14.3. The van der Waals surface area contributed by atoms with Gasteiger partial charge in [0.25, 0.3) is 0 Å². The summed E-state index contributed by atoms with van der Waals surface area (Å²) in [5.41, 5.74) is 8.62. The minimum Gasteiger partial charge on any atom is -0.0949 e. The van der Waals surface area contributed by atoms with Gasteiger partial charge in [0.15, 0.2) is 0 Å². The zero-order valence-electron chi connectivity index (χ0n) is 18.3. The summed E-state index contributed by atoms with van der Waals surface area (Å²) in [5.74, 6) is 2.46. The molecule has 0 aromatic carbocycles. The van der Waals surface area contributed by atoms with Gasteiger partial charge >= 0.3 is 0 Å². The van der Waals surface area contributed by atoms with Crippen LogP contribution in [0.3, 0.4) is 0 Å². The van der Waals surface area contributed by atoms with E-state index in [2.05, 4.69) is 80.3 Å². The average Bonchev–Trinajstić information content (AvgIpc) is 3.13. The third-order valence-corrected chi connectivity index (χ3v) is 7.66. The van der Waals surface area contributed by atoms with Crippen molar-refractivity contribution in [2.75, 3.05) is 0 Å². The Morgan fingerprint density at radius 3 is 2.63 bits per heavy atom. The summed E-state index contributed by atoms with van der Waals surface area (Å²) in [4.78, 5) is 0. The lowest BCUT2D eigenvalue weighted by atomic mass is 9.79. The Kier molecular flexibility index (Phi) is 5.50. The second-order valence-electron chi connectivity index (χ2n) is 9.85. The monoisotopic (exact) mass is 394 g/mol. The van der Waals surface area contributed by atoms with Crippen LogP contribution in [0.2, 0.25) is 0 Å². The smallest absolute Gasteiger partial charge is 0.0266 e. The van der Waals surface area contributed by atoms with Gasteiger partial charge in [0.1, 0.15) is 0 Å². The van der Waals surface area contributed by atoms with Crippen molar-refractivity contribution in [2.24, 2.45) is 23.7 Å². The first-order chi connectivity index (χ1) is 14.7. The van der Waals surface area contributed by atoms with Gasteiger partial charge in [-0.05, 0) is 59.8 Å². The van der Waals surface area contributed by atoms with E-state index in [9.17, 15) is 0 Å². The molecule has 0 aliphatic heterocycles. The van der Waals surface area contributed by atoms with Crippen molar-refractivity contribution in [1.29, 1.82) is 0 Å². The van der Waals surface area contributed by atoms with Crippen LogP contribution in [-0.2, 0) is 0 Å². The van der Waals surface area contributed by atoms with Crippen LogP contribution in [0.15, 0.2) is 107 Å². The van der Waals surface area contributed by atoms with E-state index in [-0.39, 0.29) is 0 Å². The lowest BCUT2D eigenvalue weighted by molar-refractivity contribution is 0.296. The van der Waals surface area contributed by atoms with E-state index in [0.717, 1.165) is 12.3 Å². The molecular formula is C30H34. The molecular weight excluding hydrogens is 360 g/mol. The molecule has 0 spiro atoms. The molecule has 5 aliphatic carbocycles. The average molecular weight is 395 g/mol. The third-order valence-electron chi connectivity index (χ3n) is 7.66. The predicted octanol–water partition coefficient (Wildman–Crippen LogP) is 8.13. The van der Waals surface area contributed by atoms with E-state index in [1.807, 2.05) is 0 Å². The van der Waals surface area contributed by atoms with Crippen LogP contribution in [0, 0.1) is 23.7 Å². The highest BCUT2D eigenvalue weighted by Crippen LogP contribution is 2.38. The molecule has 0 N–H and O–H groups in total. The van der Waals surface area contributed by atoms with E-state index < -0.39 is 0 Å². The van der Waals surface area contributed by atoms with Gasteiger partial charge in [-0.25, -0.2) is 0 Å². The molecule has 0 heteroatoms. The summed E-state index contributed by atoms with van der Waals surface area (Å²) in [5, 5.41) is 0. The standard InChI is InChI=1S/C30H34/c1-21(28-16-22(2)30-9-4-3-8-27(30)20-28)10-11-25-18-26-15-14-24(17-29(26)19-25)13-12-23-6-5-7-23/h3-4,8-9,14-21,23,29-30H,2,5-7,10-13H2,1H3. The molecule has 0 nitrogen and oxygen atoms in total. The summed E-state index contributed by atoms with van der Waals surface area (Å²) < 4.78 is 0. The fourth-order valence-electron chi connectivity index (χ4n) is 5.36. The van der Waals surface area contributed by atoms with Crippen molar-refractivity contribution in [3.63, 3.8) is 0 Å². The zero-order chi connectivity index (χ0) is 20.5. The molecule has 0 radical (unpaired) electrons. The Morgan fingerprint density at radius 2 is 1.80 bits per heavy atom. The molecule has 1 saturated carbocycles. The molecule has 0 heterocycles. The van der Waals surface area contributed by atoms with E-state index >= 15 is 0 Å². The highest BCUT2D eigenvalue weighted by molar-refractivity contribution is 5.52. The van der Waals surface area contributed by atoms with Gasteiger partial charge in [-0.3, -0.25) is 0 Å². The van der Waals surface area contributed by atoms with Gasteiger partial charge in [-0.1, -0.05) is 111 Å². The molecule has 5 rings (SSSR count). The van der Waals surface area contributed by atoms with E-state index in [1.165, 1.54) is 66.4 Å². The molecule has 3 atom stereocenters. The Labute approximate surface area is 182 Å². The zero-order valence-corrected chi connectivity index (χ0v) is 18.3. The van der Waals surface area contributed by atoms with Gasteiger partial charge in [-0.15, -0.1) is 0 Å². The fraction of sp³-hybridized carbons (Fsp3) is 0.400. The van der Waals surface area contributed by atoms with Crippen molar-refractivity contribution in [3.05, 3.63) is 107 Å². The predicted molar refractivity (Wildman–Crippen MR) is 129 cm³/mol. The third kappa shape index (κ3) is 4.10. The minimum absolute atomic E-state index is 0.383. The first kappa shape index (κ1) is 19.6. The van der Waals surface area contributed by atoms with Gasteiger partial charge in [0, 0.05) is 11.8 Å². The fourth-order valence-corrected chi connectivity index (χ4v) is 5.36. The lowest BCUT2D eigenvalue weighted by Crippen LogP contribution is -2.11. The maximum absolute atomic E-state index is 4.32. The maximum Gasteiger partial charge on any atom is 0.0266 e. The van der Waals surface area contributed by atoms with Gasteiger partial charge in [0.2, 0.25) is 0 Å². The molecule has 0 amide bonds. The van der Waals surface area contributed by atoms with Crippen LogP contribution in [0.25, 0.3) is 0 Å². The van der Waals surface area contributed by atoms with Crippen molar-refractivity contribution >= 4 is 0 Å². The van der Waals surface area contributed by atoms with E-state index in [1.54, 1.807) is 5.57 Å². The second kappa shape index (κ2) is 8.42. The molecule has 154 valence electrons. The molecule has 30 heavy (non-hydrogen) atoms. The van der Waals surface area contributed by atoms with E-state index in [4.69, 9.17) is 0 Å². The van der Waals surface area contributed by atoms with Gasteiger partial charge in [-0.2, -0.15) is 0 Å². The van der Waals surface area contributed by atoms with Crippen LogP contribution < -0.4 is 0 Å². The number of hydrogen-bond acceptors (Lipinski definition) is 0.